The minimum atomic E-state index is -0.0251. The average Bonchev–Trinajstić information content (AvgIpc) is 2.84. The van der Waals surface area contributed by atoms with Gasteiger partial charge in [-0.3, -0.25) is 0 Å². The summed E-state index contributed by atoms with van der Waals surface area (Å²) < 4.78 is 21.5. The number of phenolic OH excluding ortho intramolecular Hbond substituents is 1. The molecule has 0 bridgehead atoms. The van der Waals surface area contributed by atoms with Crippen molar-refractivity contribution in [3.8, 4) is 23.0 Å². The van der Waals surface area contributed by atoms with E-state index in [0.717, 1.165) is 10.8 Å². The van der Waals surface area contributed by atoms with Crippen LogP contribution in [0.25, 0.3) is 21.9 Å². The SMILES string of the molecule is COc1ccc2c(c1)oc1c(OC)c(O)cc(OC)c12. The first-order valence-corrected chi connectivity index (χ1v) is 6.03. The Morgan fingerprint density at radius 1 is 1.00 bits per heavy atom. The van der Waals surface area contributed by atoms with Crippen LogP contribution in [0.4, 0.5) is 0 Å². The number of ether oxygens (including phenoxy) is 3. The third-order valence-corrected chi connectivity index (χ3v) is 3.27. The van der Waals surface area contributed by atoms with Gasteiger partial charge in [0.15, 0.2) is 11.3 Å². The van der Waals surface area contributed by atoms with E-state index in [1.165, 1.54) is 13.2 Å². The van der Waals surface area contributed by atoms with Gasteiger partial charge in [0.2, 0.25) is 5.75 Å². The highest BCUT2D eigenvalue weighted by Gasteiger charge is 2.20. The summed E-state index contributed by atoms with van der Waals surface area (Å²) in [6.45, 7) is 0. The molecule has 0 saturated carbocycles. The fraction of sp³-hybridized carbons (Fsp3) is 0.200. The highest BCUT2D eigenvalue weighted by Crippen LogP contribution is 2.46. The Morgan fingerprint density at radius 2 is 1.80 bits per heavy atom. The van der Waals surface area contributed by atoms with E-state index in [2.05, 4.69) is 0 Å². The van der Waals surface area contributed by atoms with E-state index in [1.807, 2.05) is 12.1 Å². The average molecular weight is 274 g/mol. The van der Waals surface area contributed by atoms with Crippen molar-refractivity contribution in [3.05, 3.63) is 24.3 Å². The van der Waals surface area contributed by atoms with E-state index < -0.39 is 0 Å². The van der Waals surface area contributed by atoms with E-state index in [1.54, 1.807) is 20.3 Å². The van der Waals surface area contributed by atoms with Crippen LogP contribution in [0.5, 0.6) is 23.0 Å². The van der Waals surface area contributed by atoms with Gasteiger partial charge in [-0.1, -0.05) is 0 Å². The van der Waals surface area contributed by atoms with Gasteiger partial charge in [0.05, 0.1) is 26.7 Å². The highest BCUT2D eigenvalue weighted by molar-refractivity contribution is 6.11. The van der Waals surface area contributed by atoms with E-state index in [9.17, 15) is 5.11 Å². The summed E-state index contributed by atoms with van der Waals surface area (Å²) in [7, 11) is 4.62. The number of phenols is 1. The Bertz CT molecular complexity index is 788. The molecule has 2 aromatic carbocycles. The van der Waals surface area contributed by atoms with Crippen molar-refractivity contribution in [2.45, 2.75) is 0 Å². The van der Waals surface area contributed by atoms with Crippen molar-refractivity contribution in [2.75, 3.05) is 21.3 Å². The Morgan fingerprint density at radius 3 is 2.45 bits per heavy atom. The first-order chi connectivity index (χ1) is 9.69. The molecule has 0 radical (unpaired) electrons. The molecular formula is C15H14O5. The van der Waals surface area contributed by atoms with Gasteiger partial charge in [-0.2, -0.15) is 0 Å². The number of hydrogen-bond acceptors (Lipinski definition) is 5. The molecule has 1 aromatic heterocycles. The molecule has 104 valence electrons. The Kier molecular flexibility index (Phi) is 2.82. The molecule has 0 aliphatic carbocycles. The molecule has 0 unspecified atom stereocenters. The van der Waals surface area contributed by atoms with Crippen molar-refractivity contribution in [2.24, 2.45) is 0 Å². The van der Waals surface area contributed by atoms with E-state index in [-0.39, 0.29) is 11.5 Å². The predicted molar refractivity (Wildman–Crippen MR) is 75.0 cm³/mol. The number of aromatic hydroxyl groups is 1. The first kappa shape index (κ1) is 12.5. The van der Waals surface area contributed by atoms with Crippen molar-refractivity contribution >= 4 is 21.9 Å². The molecule has 5 heteroatoms. The standard InChI is InChI=1S/C15H14O5/c1-17-8-4-5-9-11(6-8)20-15-13(9)12(18-2)7-10(16)14(15)19-3/h4-7,16H,1-3H3. The maximum absolute atomic E-state index is 9.96. The van der Waals surface area contributed by atoms with E-state index in [0.29, 0.717) is 22.7 Å². The van der Waals surface area contributed by atoms with Crippen LogP contribution in [0.3, 0.4) is 0 Å². The summed E-state index contributed by atoms with van der Waals surface area (Å²) in [5, 5.41) is 11.6. The molecule has 0 aliphatic heterocycles. The quantitative estimate of drug-likeness (QED) is 0.793. The van der Waals surface area contributed by atoms with E-state index in [4.69, 9.17) is 18.6 Å². The van der Waals surface area contributed by atoms with Gasteiger partial charge in [-0.25, -0.2) is 0 Å². The highest BCUT2D eigenvalue weighted by atomic mass is 16.5. The van der Waals surface area contributed by atoms with Crippen molar-refractivity contribution in [1.29, 1.82) is 0 Å². The van der Waals surface area contributed by atoms with Crippen LogP contribution < -0.4 is 14.2 Å². The van der Waals surface area contributed by atoms with Crippen molar-refractivity contribution < 1.29 is 23.7 Å². The van der Waals surface area contributed by atoms with Crippen LogP contribution in [-0.4, -0.2) is 26.4 Å². The minimum absolute atomic E-state index is 0.0251. The molecule has 1 N–H and O–H groups in total. The second-order valence-corrected chi connectivity index (χ2v) is 4.30. The molecule has 0 aliphatic rings. The van der Waals surface area contributed by atoms with Gasteiger partial charge < -0.3 is 23.7 Å². The third-order valence-electron chi connectivity index (χ3n) is 3.27. The monoisotopic (exact) mass is 274 g/mol. The minimum Gasteiger partial charge on any atom is -0.504 e. The van der Waals surface area contributed by atoms with Crippen LogP contribution >= 0.6 is 0 Å². The van der Waals surface area contributed by atoms with Gasteiger partial charge in [0.1, 0.15) is 17.1 Å². The van der Waals surface area contributed by atoms with Gasteiger partial charge >= 0.3 is 0 Å². The Labute approximate surface area is 115 Å². The normalized spacial score (nSPS) is 10.9. The predicted octanol–water partition coefficient (Wildman–Crippen LogP) is 3.32. The summed E-state index contributed by atoms with van der Waals surface area (Å²) in [6, 6.07) is 7.03. The zero-order valence-electron chi connectivity index (χ0n) is 11.4. The lowest BCUT2D eigenvalue weighted by atomic mass is 10.1. The van der Waals surface area contributed by atoms with Gasteiger partial charge in [0, 0.05) is 17.5 Å². The summed E-state index contributed by atoms with van der Waals surface area (Å²) in [6.07, 6.45) is 0. The number of hydrogen-bond donors (Lipinski definition) is 1. The molecule has 0 spiro atoms. The van der Waals surface area contributed by atoms with E-state index >= 15 is 0 Å². The van der Waals surface area contributed by atoms with Crippen LogP contribution in [0, 0.1) is 0 Å². The van der Waals surface area contributed by atoms with Crippen LogP contribution in [0.15, 0.2) is 28.7 Å². The Balaban J connectivity index is 2.47. The number of benzene rings is 2. The molecule has 0 fully saturated rings. The lowest BCUT2D eigenvalue weighted by Crippen LogP contribution is -1.88. The van der Waals surface area contributed by atoms with Gasteiger partial charge in [-0.15, -0.1) is 0 Å². The summed E-state index contributed by atoms with van der Waals surface area (Å²) in [4.78, 5) is 0. The fourth-order valence-corrected chi connectivity index (χ4v) is 2.34. The summed E-state index contributed by atoms with van der Waals surface area (Å²) in [5.74, 6) is 1.49. The number of methoxy groups -OCH3 is 3. The van der Waals surface area contributed by atoms with Crippen LogP contribution in [0.2, 0.25) is 0 Å². The zero-order chi connectivity index (χ0) is 14.3. The summed E-state index contributed by atoms with van der Waals surface area (Å²) >= 11 is 0. The molecule has 0 atom stereocenters. The number of furan rings is 1. The second kappa shape index (κ2) is 4.52. The fourth-order valence-electron chi connectivity index (χ4n) is 2.34. The van der Waals surface area contributed by atoms with Crippen molar-refractivity contribution in [3.63, 3.8) is 0 Å². The maximum Gasteiger partial charge on any atom is 0.204 e. The molecule has 1 heterocycles. The molecule has 0 saturated heterocycles. The molecule has 20 heavy (non-hydrogen) atoms. The molecule has 3 aromatic rings. The smallest absolute Gasteiger partial charge is 0.204 e. The second-order valence-electron chi connectivity index (χ2n) is 4.30. The lowest BCUT2D eigenvalue weighted by molar-refractivity contribution is 0.366. The molecular weight excluding hydrogens is 260 g/mol. The topological polar surface area (TPSA) is 61.1 Å². The Hall–Kier alpha value is -2.56. The van der Waals surface area contributed by atoms with Gasteiger partial charge in [0.25, 0.3) is 0 Å². The lowest BCUT2D eigenvalue weighted by Gasteiger charge is -2.07. The summed E-state index contributed by atoms with van der Waals surface area (Å²) in [5.41, 5.74) is 1.09. The van der Waals surface area contributed by atoms with Crippen LogP contribution in [0.1, 0.15) is 0 Å². The maximum atomic E-state index is 9.96. The van der Waals surface area contributed by atoms with Crippen LogP contribution in [-0.2, 0) is 0 Å². The number of rotatable bonds is 3. The van der Waals surface area contributed by atoms with Gasteiger partial charge in [-0.05, 0) is 12.1 Å². The zero-order valence-corrected chi connectivity index (χ0v) is 11.4. The molecule has 5 nitrogen and oxygen atoms in total. The molecule has 3 rings (SSSR count). The first-order valence-electron chi connectivity index (χ1n) is 6.03. The number of fused-ring (bicyclic) bond motifs is 3. The third kappa shape index (κ3) is 1.63. The largest absolute Gasteiger partial charge is 0.504 e. The molecule has 0 amide bonds. The van der Waals surface area contributed by atoms with Crippen molar-refractivity contribution in [1.82, 2.24) is 0 Å².